The summed E-state index contributed by atoms with van der Waals surface area (Å²) in [7, 11) is 0. The highest BCUT2D eigenvalue weighted by atomic mass is 35.5. The van der Waals surface area contributed by atoms with Gasteiger partial charge in [0.1, 0.15) is 11.4 Å². The molecule has 1 aromatic carbocycles. The fourth-order valence-electron chi connectivity index (χ4n) is 1.79. The Morgan fingerprint density at radius 1 is 1.30 bits per heavy atom. The van der Waals surface area contributed by atoms with Crippen LogP contribution >= 0.6 is 11.6 Å². The lowest BCUT2D eigenvalue weighted by atomic mass is 10.1. The summed E-state index contributed by atoms with van der Waals surface area (Å²) < 4.78 is 5.67. The molecule has 1 heterocycles. The van der Waals surface area contributed by atoms with Crippen LogP contribution < -0.4 is 16.2 Å². The number of aryl methyl sites for hydroxylation is 2. The fourth-order valence-corrected chi connectivity index (χ4v) is 1.91. The number of nitrogens with zero attached hydrogens (tertiary/aromatic N) is 2. The molecule has 104 valence electrons. The predicted octanol–water partition coefficient (Wildman–Crippen LogP) is 2.22. The van der Waals surface area contributed by atoms with Crippen molar-refractivity contribution in [3.05, 3.63) is 40.3 Å². The number of carbonyl (C=O) groups excluding carboxylic acids is 1. The quantitative estimate of drug-likeness (QED) is 0.844. The zero-order valence-electron chi connectivity index (χ0n) is 11.0. The molecule has 4 N–H and O–H groups in total. The molecule has 0 saturated carbocycles. The van der Waals surface area contributed by atoms with E-state index < -0.39 is 5.91 Å². The summed E-state index contributed by atoms with van der Waals surface area (Å²) in [6, 6.07) is 3.29. The van der Waals surface area contributed by atoms with Gasteiger partial charge in [-0.1, -0.05) is 0 Å². The monoisotopic (exact) mass is 292 g/mol. The summed E-state index contributed by atoms with van der Waals surface area (Å²) >= 11 is 5.71. The van der Waals surface area contributed by atoms with E-state index in [9.17, 15) is 4.79 Å². The number of nitrogens with two attached hydrogens (primary N) is 2. The standard InChI is InChI=1S/C13H13ClN4O2/c1-6-3-8(11(16)19)4-7(2)10(6)20-12-9(15)5-17-13(14)18-12/h3-5H,15H2,1-2H3,(H2,16,19). The number of anilines is 1. The van der Waals surface area contributed by atoms with Crippen molar-refractivity contribution in [2.24, 2.45) is 5.73 Å². The van der Waals surface area contributed by atoms with Crippen molar-refractivity contribution in [2.75, 3.05) is 5.73 Å². The maximum atomic E-state index is 11.2. The molecule has 0 aliphatic carbocycles. The van der Waals surface area contributed by atoms with Crippen LogP contribution in [-0.4, -0.2) is 15.9 Å². The van der Waals surface area contributed by atoms with Crippen molar-refractivity contribution in [1.29, 1.82) is 0 Å². The van der Waals surface area contributed by atoms with Gasteiger partial charge in [0, 0.05) is 5.56 Å². The highest BCUT2D eigenvalue weighted by Crippen LogP contribution is 2.31. The zero-order chi connectivity index (χ0) is 14.9. The van der Waals surface area contributed by atoms with Crippen LogP contribution in [-0.2, 0) is 0 Å². The summed E-state index contributed by atoms with van der Waals surface area (Å²) in [5, 5.41) is 0.0401. The molecule has 0 spiro atoms. The summed E-state index contributed by atoms with van der Waals surface area (Å²) in [4.78, 5) is 18.9. The normalized spacial score (nSPS) is 10.3. The van der Waals surface area contributed by atoms with Gasteiger partial charge >= 0.3 is 0 Å². The van der Waals surface area contributed by atoms with Crippen LogP contribution in [0.3, 0.4) is 0 Å². The SMILES string of the molecule is Cc1cc(C(N)=O)cc(C)c1Oc1nc(Cl)ncc1N. The maximum absolute atomic E-state index is 11.2. The van der Waals surface area contributed by atoms with E-state index in [2.05, 4.69) is 9.97 Å². The van der Waals surface area contributed by atoms with Crippen molar-refractivity contribution >= 4 is 23.2 Å². The van der Waals surface area contributed by atoms with Crippen LogP contribution in [0.2, 0.25) is 5.28 Å². The van der Waals surface area contributed by atoms with Crippen molar-refractivity contribution in [2.45, 2.75) is 13.8 Å². The second kappa shape index (κ2) is 5.34. The molecule has 20 heavy (non-hydrogen) atoms. The average Bonchev–Trinajstić information content (AvgIpc) is 2.37. The van der Waals surface area contributed by atoms with Crippen molar-refractivity contribution in [3.8, 4) is 11.6 Å². The second-order valence-corrected chi connectivity index (χ2v) is 4.64. The van der Waals surface area contributed by atoms with Gasteiger partial charge in [-0.2, -0.15) is 4.98 Å². The van der Waals surface area contributed by atoms with Gasteiger partial charge in [0.05, 0.1) is 6.20 Å². The van der Waals surface area contributed by atoms with Crippen molar-refractivity contribution < 1.29 is 9.53 Å². The zero-order valence-corrected chi connectivity index (χ0v) is 11.7. The number of rotatable bonds is 3. The largest absolute Gasteiger partial charge is 0.436 e. The van der Waals surface area contributed by atoms with Gasteiger partial charge < -0.3 is 16.2 Å². The first-order valence-corrected chi connectivity index (χ1v) is 6.13. The highest BCUT2D eigenvalue weighted by Gasteiger charge is 2.13. The molecule has 0 bridgehead atoms. The summed E-state index contributed by atoms with van der Waals surface area (Å²) in [6.07, 6.45) is 1.37. The molecule has 0 saturated heterocycles. The van der Waals surface area contributed by atoms with Gasteiger partial charge in [-0.15, -0.1) is 0 Å². The molecule has 0 aliphatic rings. The number of aromatic nitrogens is 2. The molecule has 0 atom stereocenters. The van der Waals surface area contributed by atoms with Crippen LogP contribution in [0.25, 0.3) is 0 Å². The number of nitrogen functional groups attached to an aromatic ring is 1. The molecule has 1 aromatic heterocycles. The number of primary amides is 1. The summed E-state index contributed by atoms with van der Waals surface area (Å²) in [6.45, 7) is 3.60. The number of hydrogen-bond donors (Lipinski definition) is 2. The van der Waals surface area contributed by atoms with E-state index in [1.807, 2.05) is 0 Å². The Kier molecular flexibility index (Phi) is 3.76. The minimum atomic E-state index is -0.493. The topological polar surface area (TPSA) is 104 Å². The predicted molar refractivity (Wildman–Crippen MR) is 76.0 cm³/mol. The van der Waals surface area contributed by atoms with E-state index >= 15 is 0 Å². The van der Waals surface area contributed by atoms with Gasteiger partial charge in [-0.3, -0.25) is 4.79 Å². The van der Waals surface area contributed by atoms with Crippen molar-refractivity contribution in [3.63, 3.8) is 0 Å². The van der Waals surface area contributed by atoms with E-state index in [1.165, 1.54) is 6.20 Å². The lowest BCUT2D eigenvalue weighted by molar-refractivity contribution is 0.1000. The first-order chi connectivity index (χ1) is 9.38. The molecular formula is C13H13ClN4O2. The first kappa shape index (κ1) is 14.1. The lowest BCUT2D eigenvalue weighted by Crippen LogP contribution is -2.11. The Bertz CT molecular complexity index is 665. The smallest absolute Gasteiger partial charge is 0.248 e. The molecule has 2 rings (SSSR count). The fraction of sp³-hybridized carbons (Fsp3) is 0.154. The third-order valence-electron chi connectivity index (χ3n) is 2.69. The van der Waals surface area contributed by atoms with Crippen LogP contribution in [0.5, 0.6) is 11.6 Å². The number of carbonyl (C=O) groups is 1. The molecule has 0 aliphatic heterocycles. The van der Waals surface area contributed by atoms with E-state index in [0.29, 0.717) is 11.3 Å². The Hall–Kier alpha value is -2.34. The third kappa shape index (κ3) is 2.80. The molecule has 7 heteroatoms. The van der Waals surface area contributed by atoms with Crippen LogP contribution in [0.4, 0.5) is 5.69 Å². The van der Waals surface area contributed by atoms with Gasteiger partial charge in [0.15, 0.2) is 0 Å². The van der Waals surface area contributed by atoms with Gasteiger partial charge in [-0.25, -0.2) is 4.98 Å². The van der Waals surface area contributed by atoms with E-state index in [4.69, 9.17) is 27.8 Å². The maximum Gasteiger partial charge on any atom is 0.248 e. The second-order valence-electron chi connectivity index (χ2n) is 4.31. The number of halogens is 1. The number of ether oxygens (including phenoxy) is 1. The summed E-state index contributed by atoms with van der Waals surface area (Å²) in [5.74, 6) is 0.229. The highest BCUT2D eigenvalue weighted by molar-refractivity contribution is 6.28. The average molecular weight is 293 g/mol. The van der Waals surface area contributed by atoms with E-state index in [0.717, 1.165) is 11.1 Å². The Labute approximate surface area is 120 Å². The van der Waals surface area contributed by atoms with Gasteiger partial charge in [0.2, 0.25) is 17.1 Å². The van der Waals surface area contributed by atoms with Crippen LogP contribution in [0.15, 0.2) is 18.3 Å². The Morgan fingerprint density at radius 2 is 1.90 bits per heavy atom. The van der Waals surface area contributed by atoms with Crippen molar-refractivity contribution in [1.82, 2.24) is 9.97 Å². The lowest BCUT2D eigenvalue weighted by Gasteiger charge is -2.13. The third-order valence-corrected chi connectivity index (χ3v) is 2.88. The molecular weight excluding hydrogens is 280 g/mol. The number of amides is 1. The minimum Gasteiger partial charge on any atom is -0.436 e. The van der Waals surface area contributed by atoms with Gasteiger partial charge in [-0.05, 0) is 48.7 Å². The molecule has 6 nitrogen and oxygen atoms in total. The van der Waals surface area contributed by atoms with E-state index in [-0.39, 0.29) is 16.9 Å². The van der Waals surface area contributed by atoms with Crippen LogP contribution in [0, 0.1) is 13.8 Å². The molecule has 1 amide bonds. The summed E-state index contributed by atoms with van der Waals surface area (Å²) in [5.41, 5.74) is 13.2. The van der Waals surface area contributed by atoms with Crippen LogP contribution in [0.1, 0.15) is 21.5 Å². The number of hydrogen-bond acceptors (Lipinski definition) is 5. The number of benzene rings is 1. The minimum absolute atomic E-state index is 0.0401. The Morgan fingerprint density at radius 3 is 2.45 bits per heavy atom. The molecule has 0 radical (unpaired) electrons. The first-order valence-electron chi connectivity index (χ1n) is 5.75. The molecule has 0 fully saturated rings. The van der Waals surface area contributed by atoms with E-state index in [1.54, 1.807) is 26.0 Å². The Balaban J connectivity index is 2.44. The van der Waals surface area contributed by atoms with Gasteiger partial charge in [0.25, 0.3) is 0 Å². The molecule has 2 aromatic rings. The molecule has 0 unspecified atom stereocenters.